The molecule has 6 heteroatoms. The second-order valence-corrected chi connectivity index (χ2v) is 4.56. The zero-order valence-electron chi connectivity index (χ0n) is 12.4. The summed E-state index contributed by atoms with van der Waals surface area (Å²) in [6, 6.07) is 13.6. The third-order valence-electron chi connectivity index (χ3n) is 2.99. The first-order valence-corrected chi connectivity index (χ1v) is 6.72. The molecule has 0 radical (unpaired) electrons. The van der Waals surface area contributed by atoms with Gasteiger partial charge in [0.15, 0.2) is 0 Å². The van der Waals surface area contributed by atoms with Crippen LogP contribution in [0, 0.1) is 0 Å². The van der Waals surface area contributed by atoms with Crippen molar-refractivity contribution in [3.8, 4) is 0 Å². The largest absolute Gasteiger partial charge is 0.326 e. The summed E-state index contributed by atoms with van der Waals surface area (Å²) in [4.78, 5) is 16.2. The standard InChI is InChI=1S/C16H19N3O.2ClH/c1-17-12-13-6-2-3-8-15(13)19-16(20)10-9-14-7-4-5-11-18-14;;/h2-8,11,17H,9-10,12H2,1H3,(H,19,20);2*1H. The minimum Gasteiger partial charge on any atom is -0.326 e. The number of nitrogens with zero attached hydrogens (tertiary/aromatic N) is 1. The molecular weight excluding hydrogens is 321 g/mol. The van der Waals surface area contributed by atoms with Crippen LogP contribution in [-0.4, -0.2) is 17.9 Å². The van der Waals surface area contributed by atoms with Gasteiger partial charge < -0.3 is 10.6 Å². The van der Waals surface area contributed by atoms with Crippen molar-refractivity contribution in [1.82, 2.24) is 10.3 Å². The number of para-hydroxylation sites is 1. The topological polar surface area (TPSA) is 54.0 Å². The Balaban J connectivity index is 0.00000220. The second-order valence-electron chi connectivity index (χ2n) is 4.56. The molecule has 0 saturated carbocycles. The van der Waals surface area contributed by atoms with Crippen LogP contribution in [-0.2, 0) is 17.8 Å². The molecule has 0 spiro atoms. The average molecular weight is 342 g/mol. The lowest BCUT2D eigenvalue weighted by molar-refractivity contribution is -0.116. The van der Waals surface area contributed by atoms with E-state index in [1.807, 2.05) is 49.5 Å². The molecule has 0 fully saturated rings. The summed E-state index contributed by atoms with van der Waals surface area (Å²) in [6.07, 6.45) is 2.83. The molecule has 0 aliphatic rings. The molecule has 1 aromatic heterocycles. The van der Waals surface area contributed by atoms with E-state index < -0.39 is 0 Å². The molecule has 1 amide bonds. The summed E-state index contributed by atoms with van der Waals surface area (Å²) in [7, 11) is 1.89. The zero-order chi connectivity index (χ0) is 14.2. The molecule has 0 saturated heterocycles. The van der Waals surface area contributed by atoms with Crippen LogP contribution in [0.5, 0.6) is 0 Å². The second kappa shape index (κ2) is 11.0. The monoisotopic (exact) mass is 341 g/mol. The Morgan fingerprint density at radius 2 is 1.82 bits per heavy atom. The van der Waals surface area contributed by atoms with E-state index in [2.05, 4.69) is 15.6 Å². The normalized spacial score (nSPS) is 9.32. The number of anilines is 1. The Morgan fingerprint density at radius 3 is 2.50 bits per heavy atom. The van der Waals surface area contributed by atoms with E-state index in [1.54, 1.807) is 6.20 Å². The number of pyridine rings is 1. The number of aromatic nitrogens is 1. The lowest BCUT2D eigenvalue weighted by Crippen LogP contribution is -2.15. The number of halogens is 2. The summed E-state index contributed by atoms with van der Waals surface area (Å²) < 4.78 is 0. The Hall–Kier alpha value is -1.62. The quantitative estimate of drug-likeness (QED) is 0.848. The average Bonchev–Trinajstić information content (AvgIpc) is 2.49. The van der Waals surface area contributed by atoms with Gasteiger partial charge in [-0.25, -0.2) is 0 Å². The van der Waals surface area contributed by atoms with Crippen molar-refractivity contribution in [2.24, 2.45) is 0 Å². The highest BCUT2D eigenvalue weighted by molar-refractivity contribution is 5.91. The highest BCUT2D eigenvalue weighted by Crippen LogP contribution is 2.15. The van der Waals surface area contributed by atoms with Gasteiger partial charge in [-0.05, 0) is 37.2 Å². The summed E-state index contributed by atoms with van der Waals surface area (Å²) in [5.41, 5.74) is 2.89. The van der Waals surface area contributed by atoms with Gasteiger partial charge in [0.2, 0.25) is 5.91 Å². The molecule has 22 heavy (non-hydrogen) atoms. The van der Waals surface area contributed by atoms with E-state index in [4.69, 9.17) is 0 Å². The fraction of sp³-hybridized carbons (Fsp3) is 0.250. The van der Waals surface area contributed by atoms with Crippen molar-refractivity contribution >= 4 is 36.4 Å². The highest BCUT2D eigenvalue weighted by atomic mass is 35.5. The number of benzene rings is 1. The fourth-order valence-corrected chi connectivity index (χ4v) is 1.99. The van der Waals surface area contributed by atoms with Crippen molar-refractivity contribution in [3.63, 3.8) is 0 Å². The van der Waals surface area contributed by atoms with Crippen LogP contribution < -0.4 is 10.6 Å². The van der Waals surface area contributed by atoms with Crippen LogP contribution in [0.15, 0.2) is 48.7 Å². The maximum Gasteiger partial charge on any atom is 0.224 e. The predicted octanol–water partition coefficient (Wildman–Crippen LogP) is 3.22. The SMILES string of the molecule is CNCc1ccccc1NC(=O)CCc1ccccn1.Cl.Cl. The van der Waals surface area contributed by atoms with E-state index in [0.29, 0.717) is 12.8 Å². The number of amides is 1. The van der Waals surface area contributed by atoms with Crippen LogP contribution in [0.1, 0.15) is 17.7 Å². The van der Waals surface area contributed by atoms with Gasteiger partial charge in [0.25, 0.3) is 0 Å². The van der Waals surface area contributed by atoms with Gasteiger partial charge in [0.05, 0.1) is 0 Å². The zero-order valence-corrected chi connectivity index (χ0v) is 14.0. The summed E-state index contributed by atoms with van der Waals surface area (Å²) in [5, 5.41) is 6.05. The predicted molar refractivity (Wildman–Crippen MR) is 94.9 cm³/mol. The molecule has 0 aliphatic heterocycles. The van der Waals surface area contributed by atoms with Crippen LogP contribution in [0.25, 0.3) is 0 Å². The highest BCUT2D eigenvalue weighted by Gasteiger charge is 2.06. The number of hydrogen-bond donors (Lipinski definition) is 2. The Labute approximate surface area is 143 Å². The Kier molecular flexibility index (Phi) is 10.2. The maximum absolute atomic E-state index is 12.0. The van der Waals surface area contributed by atoms with E-state index in [9.17, 15) is 4.79 Å². The minimum atomic E-state index is 0. The molecular formula is C16H21Cl2N3O. The minimum absolute atomic E-state index is 0. The molecule has 0 unspecified atom stereocenters. The molecule has 2 N–H and O–H groups in total. The molecule has 0 atom stereocenters. The third kappa shape index (κ3) is 6.43. The molecule has 120 valence electrons. The number of hydrogen-bond acceptors (Lipinski definition) is 3. The number of carbonyl (C=O) groups is 1. The van der Waals surface area contributed by atoms with Gasteiger partial charge in [-0.1, -0.05) is 24.3 Å². The summed E-state index contributed by atoms with van der Waals surface area (Å²) in [6.45, 7) is 0.733. The van der Waals surface area contributed by atoms with E-state index in [-0.39, 0.29) is 30.7 Å². The molecule has 1 heterocycles. The third-order valence-corrected chi connectivity index (χ3v) is 2.99. The van der Waals surface area contributed by atoms with Crippen molar-refractivity contribution < 1.29 is 4.79 Å². The number of rotatable bonds is 6. The Morgan fingerprint density at radius 1 is 1.09 bits per heavy atom. The van der Waals surface area contributed by atoms with Gasteiger partial charge in [-0.3, -0.25) is 9.78 Å². The van der Waals surface area contributed by atoms with E-state index in [0.717, 1.165) is 23.5 Å². The molecule has 2 rings (SSSR count). The number of carbonyl (C=O) groups excluding carboxylic acids is 1. The first-order valence-electron chi connectivity index (χ1n) is 6.72. The van der Waals surface area contributed by atoms with Gasteiger partial charge >= 0.3 is 0 Å². The molecule has 0 aliphatic carbocycles. The van der Waals surface area contributed by atoms with Crippen molar-refractivity contribution in [3.05, 3.63) is 59.9 Å². The summed E-state index contributed by atoms with van der Waals surface area (Å²) >= 11 is 0. The van der Waals surface area contributed by atoms with Gasteiger partial charge in [0, 0.05) is 30.5 Å². The van der Waals surface area contributed by atoms with Crippen molar-refractivity contribution in [1.29, 1.82) is 0 Å². The van der Waals surface area contributed by atoms with Crippen LogP contribution in [0.3, 0.4) is 0 Å². The maximum atomic E-state index is 12.0. The van der Waals surface area contributed by atoms with E-state index >= 15 is 0 Å². The van der Waals surface area contributed by atoms with Crippen LogP contribution >= 0.6 is 24.8 Å². The smallest absolute Gasteiger partial charge is 0.224 e. The molecule has 4 nitrogen and oxygen atoms in total. The fourth-order valence-electron chi connectivity index (χ4n) is 1.99. The van der Waals surface area contributed by atoms with Crippen LogP contribution in [0.2, 0.25) is 0 Å². The lowest BCUT2D eigenvalue weighted by atomic mass is 10.1. The van der Waals surface area contributed by atoms with Gasteiger partial charge in [-0.15, -0.1) is 24.8 Å². The summed E-state index contributed by atoms with van der Waals surface area (Å²) in [5.74, 6) is 0.0132. The first kappa shape index (κ1) is 20.4. The molecule has 1 aromatic carbocycles. The van der Waals surface area contributed by atoms with Gasteiger partial charge in [0.1, 0.15) is 0 Å². The first-order chi connectivity index (χ1) is 9.79. The van der Waals surface area contributed by atoms with Crippen molar-refractivity contribution in [2.45, 2.75) is 19.4 Å². The van der Waals surface area contributed by atoms with Gasteiger partial charge in [-0.2, -0.15) is 0 Å². The van der Waals surface area contributed by atoms with Crippen molar-refractivity contribution in [2.75, 3.05) is 12.4 Å². The molecule has 2 aromatic rings. The van der Waals surface area contributed by atoms with Crippen LogP contribution in [0.4, 0.5) is 5.69 Å². The molecule has 0 bridgehead atoms. The Bertz CT molecular complexity index is 564. The number of nitrogens with one attached hydrogen (secondary N) is 2. The number of aryl methyl sites for hydroxylation is 1. The lowest BCUT2D eigenvalue weighted by Gasteiger charge is -2.10. The van der Waals surface area contributed by atoms with E-state index in [1.165, 1.54) is 0 Å².